The molecule has 0 bridgehead atoms. The zero-order valence-corrected chi connectivity index (χ0v) is 10.8. The van der Waals surface area contributed by atoms with Crippen LogP contribution in [0.1, 0.15) is 18.1 Å². The molecule has 0 saturated heterocycles. The minimum Gasteiger partial charge on any atom is -0.384 e. The molecule has 2 aromatic rings. The third-order valence-corrected chi connectivity index (χ3v) is 2.92. The Kier molecular flexibility index (Phi) is 4.22. The zero-order chi connectivity index (χ0) is 13.7. The number of aromatic nitrogens is 2. The lowest BCUT2D eigenvalue weighted by Crippen LogP contribution is -2.24. The second-order valence-corrected chi connectivity index (χ2v) is 4.11. The third-order valence-electron chi connectivity index (χ3n) is 2.92. The summed E-state index contributed by atoms with van der Waals surface area (Å²) in [6.45, 7) is 2.92. The molecular weight excluding hydrogens is 240 g/mol. The van der Waals surface area contributed by atoms with Gasteiger partial charge < -0.3 is 5.11 Å². The Hall–Kier alpha value is -2.25. The highest BCUT2D eigenvalue weighted by molar-refractivity contribution is 5.41. The minimum atomic E-state index is -0.166. The summed E-state index contributed by atoms with van der Waals surface area (Å²) in [5.41, 5.74) is 1.79. The number of aliphatic hydroxyl groups is 1. The molecular formula is C15H16N2O2. The molecule has 4 heteroatoms. The Morgan fingerprint density at radius 3 is 2.63 bits per heavy atom. The van der Waals surface area contributed by atoms with E-state index < -0.39 is 0 Å². The molecule has 0 fully saturated rings. The van der Waals surface area contributed by atoms with Crippen molar-refractivity contribution in [2.75, 3.05) is 6.61 Å². The molecule has 4 nitrogen and oxygen atoms in total. The van der Waals surface area contributed by atoms with Crippen molar-refractivity contribution in [1.29, 1.82) is 0 Å². The van der Waals surface area contributed by atoms with Crippen LogP contribution in [0.25, 0.3) is 0 Å². The van der Waals surface area contributed by atoms with Crippen LogP contribution >= 0.6 is 0 Å². The van der Waals surface area contributed by atoms with E-state index in [1.54, 1.807) is 21.5 Å². The fraction of sp³-hybridized carbons (Fsp3) is 0.267. The van der Waals surface area contributed by atoms with Crippen LogP contribution in [0, 0.1) is 11.8 Å². The number of hydrogen-bond acceptors (Lipinski definition) is 2. The van der Waals surface area contributed by atoms with Crippen LogP contribution in [-0.4, -0.2) is 20.8 Å². The van der Waals surface area contributed by atoms with Crippen molar-refractivity contribution >= 4 is 0 Å². The van der Waals surface area contributed by atoms with E-state index in [1.165, 1.54) is 0 Å². The zero-order valence-electron chi connectivity index (χ0n) is 10.8. The van der Waals surface area contributed by atoms with E-state index in [-0.39, 0.29) is 12.3 Å². The van der Waals surface area contributed by atoms with Gasteiger partial charge in [-0.25, -0.2) is 4.79 Å². The van der Waals surface area contributed by atoms with E-state index in [1.807, 2.05) is 31.2 Å². The lowest BCUT2D eigenvalue weighted by Gasteiger charge is -2.05. The Morgan fingerprint density at radius 2 is 1.95 bits per heavy atom. The highest BCUT2D eigenvalue weighted by atomic mass is 16.2. The molecule has 0 atom stereocenters. The molecule has 0 spiro atoms. The number of aliphatic hydroxyl groups excluding tert-OH is 1. The monoisotopic (exact) mass is 256 g/mol. The van der Waals surface area contributed by atoms with Crippen molar-refractivity contribution in [3.63, 3.8) is 0 Å². The molecule has 2 rings (SSSR count). The normalized spacial score (nSPS) is 10.0. The number of imidazole rings is 1. The molecule has 1 aromatic heterocycles. The summed E-state index contributed by atoms with van der Waals surface area (Å²) in [5, 5.41) is 8.76. The van der Waals surface area contributed by atoms with E-state index >= 15 is 0 Å². The molecule has 1 N–H and O–H groups in total. The molecule has 1 heterocycles. The van der Waals surface area contributed by atoms with Gasteiger partial charge in [0.05, 0.1) is 6.54 Å². The van der Waals surface area contributed by atoms with Crippen LogP contribution in [0.15, 0.2) is 41.5 Å². The maximum absolute atomic E-state index is 12.0. The average molecular weight is 256 g/mol. The van der Waals surface area contributed by atoms with Gasteiger partial charge in [0, 0.05) is 24.5 Å². The van der Waals surface area contributed by atoms with Crippen molar-refractivity contribution in [2.24, 2.45) is 0 Å². The van der Waals surface area contributed by atoms with Gasteiger partial charge in [0.25, 0.3) is 0 Å². The fourth-order valence-corrected chi connectivity index (χ4v) is 1.91. The maximum atomic E-state index is 12.0. The Labute approximate surface area is 111 Å². The average Bonchev–Trinajstić information content (AvgIpc) is 2.79. The SMILES string of the molecule is CCn1ccn(Cc2ccccc2C#CCO)c1=O. The van der Waals surface area contributed by atoms with E-state index in [4.69, 9.17) is 5.11 Å². The minimum absolute atomic E-state index is 0.0209. The van der Waals surface area contributed by atoms with Crippen molar-refractivity contribution in [2.45, 2.75) is 20.0 Å². The Morgan fingerprint density at radius 1 is 1.21 bits per heavy atom. The van der Waals surface area contributed by atoms with Crippen LogP contribution in [0.3, 0.4) is 0 Å². The first-order chi connectivity index (χ1) is 9.26. The lowest BCUT2D eigenvalue weighted by atomic mass is 10.1. The quantitative estimate of drug-likeness (QED) is 0.835. The van der Waals surface area contributed by atoms with Crippen LogP contribution in [0.4, 0.5) is 0 Å². The Balaban J connectivity index is 2.33. The number of nitrogens with zero attached hydrogens (tertiary/aromatic N) is 2. The van der Waals surface area contributed by atoms with Crippen LogP contribution < -0.4 is 5.69 Å². The third kappa shape index (κ3) is 2.95. The highest BCUT2D eigenvalue weighted by Gasteiger charge is 2.05. The molecule has 0 saturated carbocycles. The van der Waals surface area contributed by atoms with Gasteiger partial charge in [-0.15, -0.1) is 0 Å². The maximum Gasteiger partial charge on any atom is 0.328 e. The first-order valence-corrected chi connectivity index (χ1v) is 6.19. The van der Waals surface area contributed by atoms with E-state index in [0.717, 1.165) is 11.1 Å². The van der Waals surface area contributed by atoms with Crippen molar-refractivity contribution in [3.05, 3.63) is 58.3 Å². The molecule has 0 amide bonds. The van der Waals surface area contributed by atoms with Crippen molar-refractivity contribution in [1.82, 2.24) is 9.13 Å². The summed E-state index contributed by atoms with van der Waals surface area (Å²) < 4.78 is 3.31. The number of hydrogen-bond donors (Lipinski definition) is 1. The van der Waals surface area contributed by atoms with Gasteiger partial charge in [-0.05, 0) is 18.6 Å². The van der Waals surface area contributed by atoms with E-state index in [9.17, 15) is 4.79 Å². The van der Waals surface area contributed by atoms with Gasteiger partial charge in [0.1, 0.15) is 6.61 Å². The standard InChI is InChI=1S/C15H16N2O2/c1-2-16-9-10-17(15(16)19)12-14-7-4-3-6-13(14)8-5-11-18/h3-4,6-7,9-10,18H,2,11-12H2,1H3. The number of rotatable bonds is 3. The second kappa shape index (κ2) is 6.07. The highest BCUT2D eigenvalue weighted by Crippen LogP contribution is 2.08. The molecule has 1 aromatic carbocycles. The van der Waals surface area contributed by atoms with E-state index in [0.29, 0.717) is 13.1 Å². The smallest absolute Gasteiger partial charge is 0.328 e. The topological polar surface area (TPSA) is 47.2 Å². The van der Waals surface area contributed by atoms with Gasteiger partial charge in [0.15, 0.2) is 0 Å². The van der Waals surface area contributed by atoms with Gasteiger partial charge in [-0.1, -0.05) is 30.0 Å². The van der Waals surface area contributed by atoms with Crippen molar-refractivity contribution < 1.29 is 5.11 Å². The van der Waals surface area contributed by atoms with Crippen LogP contribution in [0.2, 0.25) is 0 Å². The molecule has 0 radical (unpaired) electrons. The fourth-order valence-electron chi connectivity index (χ4n) is 1.91. The molecule has 98 valence electrons. The summed E-state index contributed by atoms with van der Waals surface area (Å²) in [6.07, 6.45) is 3.56. The predicted molar refractivity (Wildman–Crippen MR) is 73.9 cm³/mol. The molecule has 0 unspecified atom stereocenters. The number of aryl methyl sites for hydroxylation is 1. The van der Waals surface area contributed by atoms with Crippen LogP contribution in [-0.2, 0) is 13.1 Å². The lowest BCUT2D eigenvalue weighted by molar-refractivity contribution is 0.350. The largest absolute Gasteiger partial charge is 0.384 e. The summed E-state index contributed by atoms with van der Waals surface area (Å²) >= 11 is 0. The predicted octanol–water partition coefficient (Wildman–Crippen LogP) is 1.06. The van der Waals surface area contributed by atoms with Gasteiger partial charge in [-0.3, -0.25) is 9.13 Å². The van der Waals surface area contributed by atoms with E-state index in [2.05, 4.69) is 11.8 Å². The summed E-state index contributed by atoms with van der Waals surface area (Å²) in [6, 6.07) is 7.64. The van der Waals surface area contributed by atoms with Gasteiger partial charge >= 0.3 is 5.69 Å². The molecule has 0 aliphatic heterocycles. The summed E-state index contributed by atoms with van der Waals surface area (Å²) in [5.74, 6) is 5.54. The summed E-state index contributed by atoms with van der Waals surface area (Å²) in [7, 11) is 0. The molecule has 19 heavy (non-hydrogen) atoms. The molecule has 0 aliphatic carbocycles. The Bertz CT molecular complexity index is 671. The van der Waals surface area contributed by atoms with Crippen molar-refractivity contribution in [3.8, 4) is 11.8 Å². The second-order valence-electron chi connectivity index (χ2n) is 4.11. The van der Waals surface area contributed by atoms with Crippen LogP contribution in [0.5, 0.6) is 0 Å². The summed E-state index contributed by atoms with van der Waals surface area (Å²) in [4.78, 5) is 12.0. The number of benzene rings is 1. The first kappa shape index (κ1) is 13.2. The first-order valence-electron chi connectivity index (χ1n) is 6.19. The van der Waals surface area contributed by atoms with Gasteiger partial charge in [0.2, 0.25) is 0 Å². The van der Waals surface area contributed by atoms with Gasteiger partial charge in [-0.2, -0.15) is 0 Å². The molecule has 0 aliphatic rings.